The molecule has 138 valence electrons. The summed E-state index contributed by atoms with van der Waals surface area (Å²) in [6.07, 6.45) is 1.27. The number of nitrogens with zero attached hydrogens (tertiary/aromatic N) is 1. The SMILES string of the molecule is Cc1cc(C(=O)O[C@H](C)C(=O)Nc2c(Cl)cccc2Cl)c(C)n1C1CC1. The number of halogens is 2. The highest BCUT2D eigenvalue weighted by atomic mass is 35.5. The number of hydrogen-bond donors (Lipinski definition) is 1. The van der Waals surface area contributed by atoms with E-state index in [4.69, 9.17) is 27.9 Å². The first kappa shape index (κ1) is 18.8. The molecule has 1 aliphatic carbocycles. The molecule has 3 rings (SSSR count). The number of aromatic nitrogens is 1. The quantitative estimate of drug-likeness (QED) is 0.731. The maximum atomic E-state index is 12.5. The molecule has 1 aromatic heterocycles. The van der Waals surface area contributed by atoms with Crippen LogP contribution in [0.3, 0.4) is 0 Å². The Kier molecular flexibility index (Phi) is 5.30. The summed E-state index contributed by atoms with van der Waals surface area (Å²) < 4.78 is 7.51. The van der Waals surface area contributed by atoms with Gasteiger partial charge >= 0.3 is 5.97 Å². The molecule has 0 spiro atoms. The van der Waals surface area contributed by atoms with Crippen molar-refractivity contribution in [3.8, 4) is 0 Å². The number of anilines is 1. The number of ether oxygens (including phenoxy) is 1. The number of hydrogen-bond acceptors (Lipinski definition) is 3. The molecule has 1 atom stereocenters. The molecule has 1 fully saturated rings. The van der Waals surface area contributed by atoms with E-state index in [-0.39, 0.29) is 0 Å². The number of esters is 1. The molecule has 0 aliphatic heterocycles. The minimum absolute atomic E-state index is 0.302. The van der Waals surface area contributed by atoms with E-state index in [1.165, 1.54) is 6.92 Å². The summed E-state index contributed by atoms with van der Waals surface area (Å²) >= 11 is 12.1. The van der Waals surface area contributed by atoms with Crippen molar-refractivity contribution in [3.05, 3.63) is 51.3 Å². The van der Waals surface area contributed by atoms with Gasteiger partial charge in [0.25, 0.3) is 5.91 Å². The second-order valence-electron chi connectivity index (χ2n) is 6.52. The zero-order valence-corrected chi connectivity index (χ0v) is 16.3. The van der Waals surface area contributed by atoms with E-state index in [0.29, 0.717) is 27.3 Å². The van der Waals surface area contributed by atoms with E-state index in [1.54, 1.807) is 18.2 Å². The molecule has 7 heteroatoms. The van der Waals surface area contributed by atoms with Gasteiger partial charge in [0.1, 0.15) is 0 Å². The lowest BCUT2D eigenvalue weighted by molar-refractivity contribution is -0.123. The molecule has 0 radical (unpaired) electrons. The Balaban J connectivity index is 1.69. The highest BCUT2D eigenvalue weighted by Crippen LogP contribution is 2.38. The molecule has 5 nitrogen and oxygen atoms in total. The summed E-state index contributed by atoms with van der Waals surface area (Å²) in [7, 11) is 0. The Hall–Kier alpha value is -1.98. The van der Waals surface area contributed by atoms with Gasteiger partial charge in [-0.05, 0) is 51.8 Å². The zero-order valence-electron chi connectivity index (χ0n) is 14.8. The minimum Gasteiger partial charge on any atom is -0.449 e. The van der Waals surface area contributed by atoms with Crippen LogP contribution in [0, 0.1) is 13.8 Å². The first-order valence-corrected chi connectivity index (χ1v) is 9.19. The monoisotopic (exact) mass is 394 g/mol. The summed E-state index contributed by atoms with van der Waals surface area (Å²) in [5, 5.41) is 3.24. The largest absolute Gasteiger partial charge is 0.449 e. The van der Waals surface area contributed by atoms with Crippen molar-refractivity contribution < 1.29 is 14.3 Å². The molecule has 0 unspecified atom stereocenters. The summed E-state index contributed by atoms with van der Waals surface area (Å²) in [6.45, 7) is 5.38. The molecule has 0 bridgehead atoms. The Morgan fingerprint density at radius 2 is 1.85 bits per heavy atom. The van der Waals surface area contributed by atoms with Crippen LogP contribution in [0.1, 0.15) is 47.6 Å². The summed E-state index contributed by atoms with van der Waals surface area (Å²) in [5.41, 5.74) is 2.69. The lowest BCUT2D eigenvalue weighted by atomic mass is 10.2. The van der Waals surface area contributed by atoms with Crippen LogP contribution in [0.15, 0.2) is 24.3 Å². The van der Waals surface area contributed by atoms with Crippen LogP contribution in [0.25, 0.3) is 0 Å². The predicted molar refractivity (Wildman–Crippen MR) is 102 cm³/mol. The van der Waals surface area contributed by atoms with E-state index < -0.39 is 18.0 Å². The van der Waals surface area contributed by atoms with Crippen LogP contribution in [0.5, 0.6) is 0 Å². The third kappa shape index (κ3) is 3.74. The molecule has 1 aliphatic rings. The predicted octanol–water partition coefficient (Wildman–Crippen LogP) is 4.93. The van der Waals surface area contributed by atoms with Crippen molar-refractivity contribution in [3.63, 3.8) is 0 Å². The van der Waals surface area contributed by atoms with Crippen molar-refractivity contribution >= 4 is 40.8 Å². The van der Waals surface area contributed by atoms with Gasteiger partial charge in [-0.15, -0.1) is 0 Å². The first-order valence-electron chi connectivity index (χ1n) is 8.44. The Bertz CT molecular complexity index is 852. The minimum atomic E-state index is -0.987. The second-order valence-corrected chi connectivity index (χ2v) is 7.33. The van der Waals surface area contributed by atoms with Crippen LogP contribution < -0.4 is 5.32 Å². The van der Waals surface area contributed by atoms with Gasteiger partial charge in [-0.1, -0.05) is 29.3 Å². The van der Waals surface area contributed by atoms with Crippen LogP contribution in [-0.2, 0) is 9.53 Å². The van der Waals surface area contributed by atoms with Gasteiger partial charge in [0.15, 0.2) is 6.10 Å². The standard InChI is InChI=1S/C19H20Cl2N2O3/c1-10-9-14(11(2)23(10)13-7-8-13)19(25)26-12(3)18(24)22-17-15(20)5-4-6-16(17)21/h4-6,9,12-13H,7-8H2,1-3H3,(H,22,24)/t12-/m1/s1. The summed E-state index contributed by atoms with van der Waals surface area (Å²) in [4.78, 5) is 24.9. The average molecular weight is 395 g/mol. The van der Waals surface area contributed by atoms with Crippen molar-refractivity contribution in [2.24, 2.45) is 0 Å². The molecule has 26 heavy (non-hydrogen) atoms. The van der Waals surface area contributed by atoms with E-state index in [1.807, 2.05) is 19.9 Å². The number of rotatable bonds is 5. The molecule has 1 aromatic carbocycles. The summed E-state index contributed by atoms with van der Waals surface area (Å²) in [6, 6.07) is 7.20. The number of para-hydroxylation sites is 1. The third-order valence-corrected chi connectivity index (χ3v) is 5.11. The number of aryl methyl sites for hydroxylation is 1. The van der Waals surface area contributed by atoms with Gasteiger partial charge in [0.2, 0.25) is 0 Å². The molecule has 1 heterocycles. The molecular weight excluding hydrogens is 375 g/mol. The number of carbonyl (C=O) groups excluding carboxylic acids is 2. The van der Waals surface area contributed by atoms with Crippen molar-refractivity contribution in [2.45, 2.75) is 45.8 Å². The van der Waals surface area contributed by atoms with E-state index >= 15 is 0 Å². The average Bonchev–Trinajstić information content (AvgIpc) is 3.36. The van der Waals surface area contributed by atoms with Gasteiger partial charge in [0, 0.05) is 17.4 Å². The molecule has 0 saturated heterocycles. The first-order chi connectivity index (χ1) is 12.3. The van der Waals surface area contributed by atoms with Gasteiger partial charge in [-0.2, -0.15) is 0 Å². The Labute approximate surface area is 162 Å². The maximum absolute atomic E-state index is 12.5. The van der Waals surface area contributed by atoms with E-state index in [0.717, 1.165) is 24.2 Å². The molecule has 1 amide bonds. The highest BCUT2D eigenvalue weighted by Gasteiger charge is 2.29. The van der Waals surface area contributed by atoms with Crippen LogP contribution in [-0.4, -0.2) is 22.5 Å². The van der Waals surface area contributed by atoms with Crippen LogP contribution >= 0.6 is 23.2 Å². The zero-order chi connectivity index (χ0) is 19.0. The Morgan fingerprint density at radius 3 is 2.42 bits per heavy atom. The van der Waals surface area contributed by atoms with E-state index in [9.17, 15) is 9.59 Å². The van der Waals surface area contributed by atoms with Crippen LogP contribution in [0.2, 0.25) is 10.0 Å². The smallest absolute Gasteiger partial charge is 0.340 e. The van der Waals surface area contributed by atoms with Gasteiger partial charge in [-0.3, -0.25) is 4.79 Å². The lowest BCUT2D eigenvalue weighted by Crippen LogP contribution is -2.30. The lowest BCUT2D eigenvalue weighted by Gasteiger charge is -2.15. The molecule has 2 aromatic rings. The second kappa shape index (κ2) is 7.33. The van der Waals surface area contributed by atoms with E-state index in [2.05, 4.69) is 9.88 Å². The van der Waals surface area contributed by atoms with Gasteiger partial charge < -0.3 is 14.6 Å². The number of amides is 1. The fourth-order valence-electron chi connectivity index (χ4n) is 3.00. The topological polar surface area (TPSA) is 60.3 Å². The molecule has 1 saturated carbocycles. The molecular formula is C19H20Cl2N2O3. The van der Waals surface area contributed by atoms with Crippen molar-refractivity contribution in [2.75, 3.05) is 5.32 Å². The van der Waals surface area contributed by atoms with Gasteiger partial charge in [0.05, 0.1) is 21.3 Å². The normalized spacial score (nSPS) is 14.8. The highest BCUT2D eigenvalue weighted by molar-refractivity contribution is 6.39. The molecule has 1 N–H and O–H groups in total. The van der Waals surface area contributed by atoms with Crippen molar-refractivity contribution in [1.82, 2.24) is 4.57 Å². The fraction of sp³-hybridized carbons (Fsp3) is 0.368. The summed E-state index contributed by atoms with van der Waals surface area (Å²) in [5.74, 6) is -1.01. The third-order valence-electron chi connectivity index (χ3n) is 4.48. The van der Waals surface area contributed by atoms with Gasteiger partial charge in [-0.25, -0.2) is 4.79 Å². The Morgan fingerprint density at radius 1 is 1.23 bits per heavy atom. The maximum Gasteiger partial charge on any atom is 0.340 e. The number of nitrogens with one attached hydrogen (secondary N) is 1. The van der Waals surface area contributed by atoms with Crippen molar-refractivity contribution in [1.29, 1.82) is 0 Å². The fourth-order valence-corrected chi connectivity index (χ4v) is 3.49. The van der Waals surface area contributed by atoms with Crippen LogP contribution in [0.4, 0.5) is 5.69 Å². The number of carbonyl (C=O) groups is 2. The number of benzene rings is 1.